The summed E-state index contributed by atoms with van der Waals surface area (Å²) >= 11 is 0. The van der Waals surface area contributed by atoms with Crippen molar-refractivity contribution in [3.63, 3.8) is 0 Å². The van der Waals surface area contributed by atoms with E-state index in [4.69, 9.17) is 0 Å². The van der Waals surface area contributed by atoms with Crippen LogP contribution in [-0.4, -0.2) is 12.6 Å². The molecular formula is C18H29N. The lowest BCUT2D eigenvalue weighted by molar-refractivity contribution is 0.232. The molecule has 1 aliphatic rings. The zero-order valence-corrected chi connectivity index (χ0v) is 13.1. The predicted molar refractivity (Wildman–Crippen MR) is 83.7 cm³/mol. The summed E-state index contributed by atoms with van der Waals surface area (Å²) in [4.78, 5) is 0. The highest BCUT2D eigenvalue weighted by atomic mass is 14.9. The molecule has 0 spiro atoms. The van der Waals surface area contributed by atoms with E-state index in [0.29, 0.717) is 11.5 Å². The largest absolute Gasteiger partial charge is 0.313 e. The van der Waals surface area contributed by atoms with Crippen molar-refractivity contribution < 1.29 is 0 Å². The second kappa shape index (κ2) is 6.09. The molecule has 1 atom stereocenters. The number of hydrogen-bond acceptors (Lipinski definition) is 1. The van der Waals surface area contributed by atoms with Gasteiger partial charge in [0.05, 0.1) is 0 Å². The van der Waals surface area contributed by atoms with Gasteiger partial charge in [-0.25, -0.2) is 0 Å². The lowest BCUT2D eigenvalue weighted by Crippen LogP contribution is -2.43. The molecule has 0 amide bonds. The number of rotatable bonds is 6. The monoisotopic (exact) mass is 259 g/mol. The van der Waals surface area contributed by atoms with E-state index in [1.54, 1.807) is 11.1 Å². The van der Waals surface area contributed by atoms with Crippen molar-refractivity contribution >= 4 is 0 Å². The maximum atomic E-state index is 3.69. The molecule has 0 fully saturated rings. The normalized spacial score (nSPS) is 16.4. The molecular weight excluding hydrogens is 230 g/mol. The topological polar surface area (TPSA) is 12.0 Å². The van der Waals surface area contributed by atoms with E-state index in [1.807, 2.05) is 0 Å². The fourth-order valence-corrected chi connectivity index (χ4v) is 3.11. The second-order valence-electron chi connectivity index (χ2n) is 6.61. The van der Waals surface area contributed by atoms with Crippen LogP contribution in [0.1, 0.15) is 57.2 Å². The van der Waals surface area contributed by atoms with Gasteiger partial charge in [0.15, 0.2) is 0 Å². The SMILES string of the molecule is CCNC(Cc1ccc2c(c1)CCC2)C(C)(C)CC. The van der Waals surface area contributed by atoms with Crippen LogP contribution in [-0.2, 0) is 19.3 Å². The van der Waals surface area contributed by atoms with E-state index >= 15 is 0 Å². The molecule has 19 heavy (non-hydrogen) atoms. The van der Waals surface area contributed by atoms with Crippen molar-refractivity contribution in [2.45, 2.75) is 65.8 Å². The van der Waals surface area contributed by atoms with Gasteiger partial charge in [0, 0.05) is 6.04 Å². The predicted octanol–water partition coefficient (Wildman–Crippen LogP) is 4.13. The number of hydrogen-bond donors (Lipinski definition) is 1. The Morgan fingerprint density at radius 2 is 1.89 bits per heavy atom. The van der Waals surface area contributed by atoms with E-state index in [1.165, 1.54) is 31.2 Å². The summed E-state index contributed by atoms with van der Waals surface area (Å²) in [7, 11) is 0. The Bertz CT molecular complexity index is 420. The molecule has 1 aromatic carbocycles. The van der Waals surface area contributed by atoms with Crippen LogP contribution in [0.4, 0.5) is 0 Å². The average Bonchev–Trinajstić information content (AvgIpc) is 2.85. The summed E-state index contributed by atoms with van der Waals surface area (Å²) in [5.74, 6) is 0. The molecule has 0 radical (unpaired) electrons. The summed E-state index contributed by atoms with van der Waals surface area (Å²) < 4.78 is 0. The molecule has 1 N–H and O–H groups in total. The first-order valence-corrected chi connectivity index (χ1v) is 7.91. The number of fused-ring (bicyclic) bond motifs is 1. The van der Waals surface area contributed by atoms with E-state index < -0.39 is 0 Å². The number of nitrogens with one attached hydrogen (secondary N) is 1. The summed E-state index contributed by atoms with van der Waals surface area (Å²) in [6.07, 6.45) is 6.28. The number of benzene rings is 1. The van der Waals surface area contributed by atoms with Crippen molar-refractivity contribution in [3.8, 4) is 0 Å². The van der Waals surface area contributed by atoms with Crippen molar-refractivity contribution in [2.75, 3.05) is 6.54 Å². The number of likely N-dealkylation sites (N-methyl/N-ethyl adjacent to an activating group) is 1. The minimum atomic E-state index is 0.356. The first kappa shape index (κ1) is 14.6. The highest BCUT2D eigenvalue weighted by molar-refractivity contribution is 5.35. The maximum absolute atomic E-state index is 3.69. The van der Waals surface area contributed by atoms with Crippen LogP contribution in [0, 0.1) is 5.41 Å². The van der Waals surface area contributed by atoms with E-state index in [-0.39, 0.29) is 0 Å². The van der Waals surface area contributed by atoms with Crippen molar-refractivity contribution in [1.82, 2.24) is 5.32 Å². The van der Waals surface area contributed by atoms with Crippen LogP contribution in [0.5, 0.6) is 0 Å². The molecule has 0 saturated heterocycles. The van der Waals surface area contributed by atoms with Gasteiger partial charge in [-0.3, -0.25) is 0 Å². The van der Waals surface area contributed by atoms with E-state index in [0.717, 1.165) is 13.0 Å². The zero-order valence-electron chi connectivity index (χ0n) is 13.1. The fourth-order valence-electron chi connectivity index (χ4n) is 3.11. The van der Waals surface area contributed by atoms with E-state index in [2.05, 4.69) is 51.2 Å². The second-order valence-corrected chi connectivity index (χ2v) is 6.61. The molecule has 2 rings (SSSR count). The summed E-state index contributed by atoms with van der Waals surface area (Å²) in [5, 5.41) is 3.69. The molecule has 0 bridgehead atoms. The van der Waals surface area contributed by atoms with Gasteiger partial charge >= 0.3 is 0 Å². The van der Waals surface area contributed by atoms with Crippen LogP contribution in [0.25, 0.3) is 0 Å². The molecule has 106 valence electrons. The summed E-state index contributed by atoms with van der Waals surface area (Å²) in [6.45, 7) is 10.3. The van der Waals surface area contributed by atoms with Gasteiger partial charge in [-0.05, 0) is 60.8 Å². The van der Waals surface area contributed by atoms with Gasteiger partial charge in [0.25, 0.3) is 0 Å². The molecule has 0 heterocycles. The van der Waals surface area contributed by atoms with Gasteiger partial charge in [-0.15, -0.1) is 0 Å². The molecule has 1 aliphatic carbocycles. The maximum Gasteiger partial charge on any atom is 0.0158 e. The summed E-state index contributed by atoms with van der Waals surface area (Å²) in [6, 6.07) is 7.74. The molecule has 0 aliphatic heterocycles. The van der Waals surface area contributed by atoms with Gasteiger partial charge in [0.2, 0.25) is 0 Å². The van der Waals surface area contributed by atoms with Gasteiger partial charge < -0.3 is 5.32 Å². The highest BCUT2D eigenvalue weighted by Gasteiger charge is 2.27. The third-order valence-electron chi connectivity index (χ3n) is 4.91. The third-order valence-corrected chi connectivity index (χ3v) is 4.91. The van der Waals surface area contributed by atoms with Crippen molar-refractivity contribution in [3.05, 3.63) is 34.9 Å². The van der Waals surface area contributed by atoms with Crippen LogP contribution < -0.4 is 5.32 Å². The third kappa shape index (κ3) is 3.39. The Labute approximate surface area is 118 Å². The van der Waals surface area contributed by atoms with Gasteiger partial charge in [0.1, 0.15) is 0 Å². The lowest BCUT2D eigenvalue weighted by Gasteiger charge is -2.34. The first-order chi connectivity index (χ1) is 9.06. The standard InChI is InChI=1S/C18H29N/c1-5-18(3,4)17(19-6-2)13-14-10-11-15-8-7-9-16(15)12-14/h10-12,17,19H,5-9,13H2,1-4H3. The Kier molecular flexibility index (Phi) is 4.67. The average molecular weight is 259 g/mol. The molecule has 1 aromatic rings. The van der Waals surface area contributed by atoms with Crippen molar-refractivity contribution in [1.29, 1.82) is 0 Å². The molecule has 1 heteroatoms. The Hall–Kier alpha value is -0.820. The Morgan fingerprint density at radius 3 is 2.58 bits per heavy atom. The molecule has 1 nitrogen and oxygen atoms in total. The van der Waals surface area contributed by atoms with Crippen LogP contribution in [0.3, 0.4) is 0 Å². The quantitative estimate of drug-likeness (QED) is 0.810. The minimum absolute atomic E-state index is 0.356. The van der Waals surface area contributed by atoms with Crippen LogP contribution in [0.2, 0.25) is 0 Å². The highest BCUT2D eigenvalue weighted by Crippen LogP contribution is 2.29. The summed E-state index contributed by atoms with van der Waals surface area (Å²) in [5.41, 5.74) is 5.04. The van der Waals surface area contributed by atoms with Gasteiger partial charge in [-0.1, -0.05) is 45.9 Å². The fraction of sp³-hybridized carbons (Fsp3) is 0.667. The van der Waals surface area contributed by atoms with Crippen LogP contribution in [0.15, 0.2) is 18.2 Å². The smallest absolute Gasteiger partial charge is 0.0158 e. The Balaban J connectivity index is 2.13. The Morgan fingerprint density at radius 1 is 1.16 bits per heavy atom. The molecule has 1 unspecified atom stereocenters. The van der Waals surface area contributed by atoms with E-state index in [9.17, 15) is 0 Å². The van der Waals surface area contributed by atoms with Gasteiger partial charge in [-0.2, -0.15) is 0 Å². The molecule has 0 saturated carbocycles. The van der Waals surface area contributed by atoms with Crippen molar-refractivity contribution in [2.24, 2.45) is 5.41 Å². The van der Waals surface area contributed by atoms with Crippen LogP contribution >= 0.6 is 0 Å². The molecule has 0 aromatic heterocycles. The zero-order chi connectivity index (χ0) is 13.9. The first-order valence-electron chi connectivity index (χ1n) is 7.91. The number of aryl methyl sites for hydroxylation is 2. The minimum Gasteiger partial charge on any atom is -0.313 e. The lowest BCUT2D eigenvalue weighted by atomic mass is 9.78.